The number of benzene rings is 1. The first-order valence-electron chi connectivity index (χ1n) is 8.71. The van der Waals surface area contributed by atoms with E-state index in [2.05, 4.69) is 9.72 Å². The van der Waals surface area contributed by atoms with Gasteiger partial charge >= 0.3 is 6.36 Å². The number of sulfonamides is 1. The summed E-state index contributed by atoms with van der Waals surface area (Å²) in [6, 6.07) is 7.12. The van der Waals surface area contributed by atoms with E-state index in [1.54, 1.807) is 24.0 Å². The number of pyridine rings is 1. The number of amides is 1. The average Bonchev–Trinajstić information content (AvgIpc) is 2.92. The van der Waals surface area contributed by atoms with Crippen molar-refractivity contribution >= 4 is 15.9 Å². The van der Waals surface area contributed by atoms with Crippen molar-refractivity contribution in [1.29, 1.82) is 0 Å². The fraction of sp³-hybridized carbons (Fsp3) is 0.333. The molecule has 4 rings (SSSR count). The van der Waals surface area contributed by atoms with Crippen LogP contribution in [0.5, 0.6) is 5.75 Å². The number of rotatable bonds is 3. The van der Waals surface area contributed by atoms with E-state index < -0.39 is 28.2 Å². The second-order valence-electron chi connectivity index (χ2n) is 6.79. The maximum atomic E-state index is 13.0. The zero-order valence-electron chi connectivity index (χ0n) is 15.2. The predicted molar refractivity (Wildman–Crippen MR) is 94.6 cm³/mol. The SMILES string of the molecule is Cc1ccc2c(n1)C1CN(S(=O)(=O)c3cccc(OC(F)(F)F)c3)CCN1C2=O. The quantitative estimate of drug-likeness (QED) is 0.752. The van der Waals surface area contributed by atoms with Crippen molar-refractivity contribution in [1.82, 2.24) is 14.2 Å². The molecule has 154 valence electrons. The number of carbonyl (C=O) groups excluding carboxylic acids is 1. The highest BCUT2D eigenvalue weighted by Gasteiger charge is 2.44. The average molecular weight is 427 g/mol. The Hall–Kier alpha value is -2.66. The molecule has 1 unspecified atom stereocenters. The number of hydrogen-bond donors (Lipinski definition) is 0. The Labute approximate surface area is 164 Å². The number of fused-ring (bicyclic) bond motifs is 3. The van der Waals surface area contributed by atoms with Gasteiger partial charge in [0.1, 0.15) is 5.75 Å². The molecule has 1 atom stereocenters. The first-order valence-corrected chi connectivity index (χ1v) is 10.1. The lowest BCUT2D eigenvalue weighted by molar-refractivity contribution is -0.274. The lowest BCUT2D eigenvalue weighted by Gasteiger charge is -2.36. The second-order valence-corrected chi connectivity index (χ2v) is 8.72. The number of aromatic nitrogens is 1. The molecule has 29 heavy (non-hydrogen) atoms. The Morgan fingerprint density at radius 3 is 2.66 bits per heavy atom. The number of alkyl halides is 3. The first kappa shape index (κ1) is 19.6. The normalized spacial score (nSPS) is 19.8. The summed E-state index contributed by atoms with van der Waals surface area (Å²) in [6.45, 7) is 1.94. The van der Waals surface area contributed by atoms with Crippen molar-refractivity contribution in [3.63, 3.8) is 0 Å². The molecule has 2 aliphatic heterocycles. The minimum Gasteiger partial charge on any atom is -0.406 e. The summed E-state index contributed by atoms with van der Waals surface area (Å²) in [5.74, 6) is -0.814. The van der Waals surface area contributed by atoms with Gasteiger partial charge in [0.25, 0.3) is 5.91 Å². The number of halogens is 3. The lowest BCUT2D eigenvalue weighted by atomic mass is 10.1. The van der Waals surface area contributed by atoms with Gasteiger partial charge in [0.05, 0.1) is 22.2 Å². The van der Waals surface area contributed by atoms with Crippen molar-refractivity contribution in [3.05, 3.63) is 53.3 Å². The van der Waals surface area contributed by atoms with E-state index in [0.717, 1.165) is 16.4 Å². The first-order chi connectivity index (χ1) is 13.6. The highest BCUT2D eigenvalue weighted by Crippen LogP contribution is 2.37. The third-order valence-electron chi connectivity index (χ3n) is 4.89. The number of nitrogens with zero attached hydrogens (tertiary/aromatic N) is 3. The Morgan fingerprint density at radius 2 is 1.93 bits per heavy atom. The van der Waals surface area contributed by atoms with Crippen LogP contribution in [-0.2, 0) is 10.0 Å². The van der Waals surface area contributed by atoms with Gasteiger partial charge in [0.2, 0.25) is 10.0 Å². The van der Waals surface area contributed by atoms with Gasteiger partial charge < -0.3 is 9.64 Å². The van der Waals surface area contributed by atoms with Gasteiger partial charge in [-0.2, -0.15) is 4.31 Å². The minimum atomic E-state index is -4.93. The van der Waals surface area contributed by atoms with Crippen molar-refractivity contribution < 1.29 is 31.1 Å². The molecule has 0 N–H and O–H groups in total. The zero-order chi connectivity index (χ0) is 21.0. The van der Waals surface area contributed by atoms with Gasteiger partial charge in [-0.05, 0) is 31.2 Å². The van der Waals surface area contributed by atoms with E-state index in [-0.39, 0.29) is 30.4 Å². The minimum absolute atomic E-state index is 0.0259. The highest BCUT2D eigenvalue weighted by molar-refractivity contribution is 7.89. The molecule has 7 nitrogen and oxygen atoms in total. The van der Waals surface area contributed by atoms with Crippen LogP contribution >= 0.6 is 0 Å². The van der Waals surface area contributed by atoms with Crippen LogP contribution in [-0.4, -0.2) is 54.5 Å². The second kappa shape index (κ2) is 6.70. The van der Waals surface area contributed by atoms with Crippen LogP contribution < -0.4 is 4.74 Å². The van der Waals surface area contributed by atoms with Gasteiger partial charge in [-0.1, -0.05) is 6.07 Å². The third-order valence-corrected chi connectivity index (χ3v) is 6.75. The van der Waals surface area contributed by atoms with Crippen molar-refractivity contribution in [2.45, 2.75) is 24.2 Å². The van der Waals surface area contributed by atoms with Crippen LogP contribution in [0.4, 0.5) is 13.2 Å². The van der Waals surface area contributed by atoms with E-state index in [1.165, 1.54) is 12.1 Å². The maximum absolute atomic E-state index is 13.0. The topological polar surface area (TPSA) is 79.8 Å². The number of carbonyl (C=O) groups is 1. The van der Waals surface area contributed by atoms with E-state index in [0.29, 0.717) is 17.0 Å². The number of hydrogen-bond acceptors (Lipinski definition) is 5. The number of piperazine rings is 1. The molecule has 0 bridgehead atoms. The van der Waals surface area contributed by atoms with Crippen LogP contribution in [0.1, 0.15) is 27.8 Å². The molecule has 1 saturated heterocycles. The molecule has 2 aliphatic rings. The zero-order valence-corrected chi connectivity index (χ0v) is 16.0. The highest BCUT2D eigenvalue weighted by atomic mass is 32.2. The molecule has 3 heterocycles. The van der Waals surface area contributed by atoms with Crippen molar-refractivity contribution in [2.75, 3.05) is 19.6 Å². The largest absolute Gasteiger partial charge is 0.573 e. The summed E-state index contributed by atoms with van der Waals surface area (Å²) in [7, 11) is -4.09. The third kappa shape index (κ3) is 3.55. The molecule has 1 fully saturated rings. The van der Waals surface area contributed by atoms with Crippen LogP contribution in [0, 0.1) is 6.92 Å². The summed E-state index contributed by atoms with van der Waals surface area (Å²) in [6.07, 6.45) is -4.93. The molecule has 11 heteroatoms. The summed E-state index contributed by atoms with van der Waals surface area (Å²) in [4.78, 5) is 18.2. The number of aryl methyl sites for hydroxylation is 1. The fourth-order valence-corrected chi connectivity index (χ4v) is 5.07. The molecule has 1 aromatic carbocycles. The van der Waals surface area contributed by atoms with Gasteiger partial charge in [0.15, 0.2) is 0 Å². The Morgan fingerprint density at radius 1 is 1.17 bits per heavy atom. The van der Waals surface area contributed by atoms with Crippen molar-refractivity contribution in [2.24, 2.45) is 0 Å². The van der Waals surface area contributed by atoms with E-state index in [9.17, 15) is 26.4 Å². The van der Waals surface area contributed by atoms with Crippen molar-refractivity contribution in [3.8, 4) is 5.75 Å². The van der Waals surface area contributed by atoms with Crippen LogP contribution in [0.2, 0.25) is 0 Å². The van der Waals surface area contributed by atoms with Crippen LogP contribution in [0.3, 0.4) is 0 Å². The van der Waals surface area contributed by atoms with Gasteiger partial charge in [-0.3, -0.25) is 9.78 Å². The molecule has 0 aliphatic carbocycles. The summed E-state index contributed by atoms with van der Waals surface area (Å²) in [5.41, 5.74) is 1.67. The Balaban J connectivity index is 1.63. The van der Waals surface area contributed by atoms with Gasteiger partial charge in [-0.15, -0.1) is 13.2 Å². The molecule has 1 aromatic heterocycles. The summed E-state index contributed by atoms with van der Waals surface area (Å²) in [5, 5.41) is 0. The molecular weight excluding hydrogens is 411 g/mol. The fourth-order valence-electron chi connectivity index (χ4n) is 3.60. The Bertz CT molecular complexity index is 1090. The van der Waals surface area contributed by atoms with Crippen LogP contribution in [0.25, 0.3) is 0 Å². The lowest BCUT2D eigenvalue weighted by Crippen LogP contribution is -2.49. The summed E-state index contributed by atoms with van der Waals surface area (Å²) >= 11 is 0. The monoisotopic (exact) mass is 427 g/mol. The van der Waals surface area contributed by atoms with E-state index in [4.69, 9.17) is 0 Å². The molecular formula is C18H16F3N3O4S. The molecule has 0 saturated carbocycles. The van der Waals surface area contributed by atoms with E-state index in [1.807, 2.05) is 0 Å². The number of ether oxygens (including phenoxy) is 1. The molecule has 2 aromatic rings. The Kier molecular flexibility index (Phi) is 4.54. The van der Waals surface area contributed by atoms with Crippen LogP contribution in [0.15, 0.2) is 41.3 Å². The standard InChI is InChI=1S/C18H16F3N3O4S/c1-11-5-6-14-16(22-11)15-10-23(7-8-24(15)17(14)25)29(26,27)13-4-2-3-12(9-13)28-18(19,20)21/h2-6,9,15H,7-8,10H2,1H3. The van der Waals surface area contributed by atoms with E-state index >= 15 is 0 Å². The summed E-state index contributed by atoms with van der Waals surface area (Å²) < 4.78 is 68.4. The smallest absolute Gasteiger partial charge is 0.406 e. The molecule has 0 spiro atoms. The van der Waals surface area contributed by atoms with Gasteiger partial charge in [0, 0.05) is 31.4 Å². The molecule has 0 radical (unpaired) electrons. The predicted octanol–water partition coefficient (Wildman–Crippen LogP) is 2.49. The maximum Gasteiger partial charge on any atom is 0.573 e. The molecule has 1 amide bonds. The van der Waals surface area contributed by atoms with Gasteiger partial charge in [-0.25, -0.2) is 8.42 Å².